The maximum Gasteiger partial charge on any atom is 0.234 e. The van der Waals surface area contributed by atoms with Gasteiger partial charge in [0.15, 0.2) is 0 Å². The Labute approximate surface area is 112 Å². The van der Waals surface area contributed by atoms with Gasteiger partial charge in [-0.2, -0.15) is 5.10 Å². The van der Waals surface area contributed by atoms with Crippen molar-refractivity contribution in [1.29, 1.82) is 0 Å². The van der Waals surface area contributed by atoms with Crippen LogP contribution < -0.4 is 0 Å². The Bertz CT molecular complexity index is 621. The van der Waals surface area contributed by atoms with E-state index in [1.54, 1.807) is 9.58 Å². The van der Waals surface area contributed by atoms with Gasteiger partial charge >= 0.3 is 0 Å². The number of fused-ring (bicyclic) bond motifs is 1. The third-order valence-electron chi connectivity index (χ3n) is 3.81. The average Bonchev–Trinajstić information content (AvgIpc) is 2.80. The number of hydrogen-bond acceptors (Lipinski definition) is 2. The molecule has 0 N–H and O–H groups in total. The van der Waals surface area contributed by atoms with Crippen LogP contribution in [0.3, 0.4) is 0 Å². The Balaban J connectivity index is 2.13. The van der Waals surface area contributed by atoms with Crippen LogP contribution in [0.1, 0.15) is 12.5 Å². The van der Waals surface area contributed by atoms with E-state index in [2.05, 4.69) is 24.2 Å². The number of carbonyl (C=O) groups excluding carboxylic acids is 1. The normalized spacial score (nSPS) is 26.1. The predicted molar refractivity (Wildman–Crippen MR) is 73.8 cm³/mol. The molecule has 1 aliphatic heterocycles. The number of carbonyl (C=O) groups is 1. The van der Waals surface area contributed by atoms with Gasteiger partial charge in [0.05, 0.1) is 12.1 Å². The average molecular weight is 255 g/mol. The molecule has 2 heterocycles. The minimum atomic E-state index is -0.0739. The lowest BCUT2D eigenvalue weighted by atomic mass is 9.76. The summed E-state index contributed by atoms with van der Waals surface area (Å²) in [4.78, 5) is 14.0. The molecule has 19 heavy (non-hydrogen) atoms. The first-order chi connectivity index (χ1) is 9.08. The first-order valence-corrected chi connectivity index (χ1v) is 6.44. The van der Waals surface area contributed by atoms with Gasteiger partial charge in [0.25, 0.3) is 0 Å². The fraction of sp³-hybridized carbons (Fsp3) is 0.333. The van der Waals surface area contributed by atoms with Gasteiger partial charge in [0.1, 0.15) is 0 Å². The fourth-order valence-corrected chi connectivity index (χ4v) is 2.80. The van der Waals surface area contributed by atoms with Crippen molar-refractivity contribution in [3.05, 3.63) is 48.0 Å². The van der Waals surface area contributed by atoms with E-state index in [0.717, 1.165) is 16.7 Å². The number of hydrogen-bond donors (Lipinski definition) is 0. The molecule has 0 aromatic carbocycles. The maximum absolute atomic E-state index is 12.3. The number of allylic oxidation sites excluding steroid dienone is 4. The maximum atomic E-state index is 12.3. The molecule has 4 heteroatoms. The highest BCUT2D eigenvalue weighted by atomic mass is 16.2. The SMILES string of the molecule is CC1C=CC=C2C(c3cnn(C)c3)=CN(C)C(=O)C21. The summed E-state index contributed by atoms with van der Waals surface area (Å²) in [6.45, 7) is 2.09. The second-order valence-electron chi connectivity index (χ2n) is 5.24. The van der Waals surface area contributed by atoms with Crippen molar-refractivity contribution in [1.82, 2.24) is 14.7 Å². The number of aryl methyl sites for hydroxylation is 1. The van der Waals surface area contributed by atoms with E-state index in [4.69, 9.17) is 0 Å². The smallest absolute Gasteiger partial charge is 0.234 e. The van der Waals surface area contributed by atoms with Gasteiger partial charge in [0, 0.05) is 37.6 Å². The third kappa shape index (κ3) is 1.84. The summed E-state index contributed by atoms with van der Waals surface area (Å²) in [6.07, 6.45) is 11.9. The standard InChI is InChI=1S/C15H17N3O/c1-10-5-4-6-12-13(11-7-16-18(3)8-11)9-17(2)15(19)14(10)12/h4-10,14H,1-3H3. The highest BCUT2D eigenvalue weighted by Crippen LogP contribution is 2.40. The Morgan fingerprint density at radius 3 is 2.79 bits per heavy atom. The molecule has 2 atom stereocenters. The topological polar surface area (TPSA) is 38.1 Å². The molecule has 3 rings (SSSR count). The molecule has 2 aliphatic rings. The van der Waals surface area contributed by atoms with Crippen molar-refractivity contribution in [3.8, 4) is 0 Å². The van der Waals surface area contributed by atoms with Crippen LogP contribution in [0, 0.1) is 11.8 Å². The van der Waals surface area contributed by atoms with Crippen molar-refractivity contribution in [2.24, 2.45) is 18.9 Å². The van der Waals surface area contributed by atoms with Gasteiger partial charge in [-0.05, 0) is 11.5 Å². The summed E-state index contributed by atoms with van der Waals surface area (Å²) in [5.41, 5.74) is 3.25. The molecule has 98 valence electrons. The molecule has 4 nitrogen and oxygen atoms in total. The summed E-state index contributed by atoms with van der Waals surface area (Å²) in [5, 5.41) is 4.22. The van der Waals surface area contributed by atoms with Crippen molar-refractivity contribution in [2.75, 3.05) is 7.05 Å². The minimum Gasteiger partial charge on any atom is -0.321 e. The van der Waals surface area contributed by atoms with Crippen molar-refractivity contribution >= 4 is 11.5 Å². The Kier molecular flexibility index (Phi) is 2.66. The Morgan fingerprint density at radius 1 is 1.32 bits per heavy atom. The van der Waals surface area contributed by atoms with Crippen molar-refractivity contribution < 1.29 is 4.79 Å². The number of nitrogens with zero attached hydrogens (tertiary/aromatic N) is 3. The van der Waals surface area contributed by atoms with Gasteiger partial charge in [-0.25, -0.2) is 0 Å². The molecule has 0 saturated heterocycles. The molecule has 0 radical (unpaired) electrons. The lowest BCUT2D eigenvalue weighted by molar-refractivity contribution is -0.131. The quantitative estimate of drug-likeness (QED) is 0.769. The predicted octanol–water partition coefficient (Wildman–Crippen LogP) is 1.98. The molecular weight excluding hydrogens is 238 g/mol. The van der Waals surface area contributed by atoms with E-state index in [1.165, 1.54) is 0 Å². The summed E-state index contributed by atoms with van der Waals surface area (Å²) < 4.78 is 1.78. The molecule has 0 bridgehead atoms. The van der Waals surface area contributed by atoms with E-state index in [1.807, 2.05) is 38.8 Å². The molecule has 1 aromatic rings. The molecule has 2 unspecified atom stereocenters. The zero-order chi connectivity index (χ0) is 13.6. The van der Waals surface area contributed by atoms with Crippen LogP contribution in [0.2, 0.25) is 0 Å². The van der Waals surface area contributed by atoms with E-state index >= 15 is 0 Å². The Hall–Kier alpha value is -2.10. The van der Waals surface area contributed by atoms with E-state index in [-0.39, 0.29) is 17.7 Å². The summed E-state index contributed by atoms with van der Waals surface area (Å²) in [5.74, 6) is 0.321. The van der Waals surface area contributed by atoms with Crippen LogP contribution in [0.25, 0.3) is 5.57 Å². The summed E-state index contributed by atoms with van der Waals surface area (Å²) in [6, 6.07) is 0. The molecule has 0 spiro atoms. The number of amides is 1. The molecule has 0 saturated carbocycles. The van der Waals surface area contributed by atoms with Crippen LogP contribution in [0.15, 0.2) is 42.4 Å². The van der Waals surface area contributed by atoms with E-state index < -0.39 is 0 Å². The van der Waals surface area contributed by atoms with Crippen LogP contribution in [0.4, 0.5) is 0 Å². The van der Waals surface area contributed by atoms with Crippen LogP contribution >= 0.6 is 0 Å². The highest BCUT2D eigenvalue weighted by molar-refractivity contribution is 5.96. The molecular formula is C15H17N3O. The van der Waals surface area contributed by atoms with Crippen molar-refractivity contribution in [2.45, 2.75) is 6.92 Å². The van der Waals surface area contributed by atoms with Gasteiger partial charge < -0.3 is 4.90 Å². The van der Waals surface area contributed by atoms with Gasteiger partial charge in [-0.1, -0.05) is 25.2 Å². The van der Waals surface area contributed by atoms with Crippen LogP contribution in [-0.4, -0.2) is 27.6 Å². The number of rotatable bonds is 1. The monoisotopic (exact) mass is 255 g/mol. The van der Waals surface area contributed by atoms with Gasteiger partial charge in [0.2, 0.25) is 5.91 Å². The first-order valence-electron chi connectivity index (χ1n) is 6.44. The van der Waals surface area contributed by atoms with Crippen LogP contribution in [0.5, 0.6) is 0 Å². The van der Waals surface area contributed by atoms with Crippen LogP contribution in [-0.2, 0) is 11.8 Å². The summed E-state index contributed by atoms with van der Waals surface area (Å²) >= 11 is 0. The van der Waals surface area contributed by atoms with E-state index in [0.29, 0.717) is 0 Å². The molecule has 1 aliphatic carbocycles. The zero-order valence-electron chi connectivity index (χ0n) is 11.4. The largest absolute Gasteiger partial charge is 0.321 e. The van der Waals surface area contributed by atoms with Gasteiger partial charge in [-0.3, -0.25) is 9.48 Å². The first kappa shape index (κ1) is 12.0. The van der Waals surface area contributed by atoms with Gasteiger partial charge in [-0.15, -0.1) is 0 Å². The minimum absolute atomic E-state index is 0.0739. The lowest BCUT2D eigenvalue weighted by Gasteiger charge is -2.34. The number of aromatic nitrogens is 2. The fourth-order valence-electron chi connectivity index (χ4n) is 2.80. The highest BCUT2D eigenvalue weighted by Gasteiger charge is 2.36. The molecule has 1 aromatic heterocycles. The zero-order valence-corrected chi connectivity index (χ0v) is 11.4. The van der Waals surface area contributed by atoms with E-state index in [9.17, 15) is 4.79 Å². The Morgan fingerprint density at radius 2 is 2.11 bits per heavy atom. The molecule has 1 amide bonds. The second-order valence-corrected chi connectivity index (χ2v) is 5.24. The second kappa shape index (κ2) is 4.23. The summed E-state index contributed by atoms with van der Waals surface area (Å²) in [7, 11) is 3.72. The lowest BCUT2D eigenvalue weighted by Crippen LogP contribution is -2.38. The van der Waals surface area contributed by atoms with Crippen molar-refractivity contribution in [3.63, 3.8) is 0 Å². The third-order valence-corrected chi connectivity index (χ3v) is 3.81. The molecule has 0 fully saturated rings.